The second-order valence-corrected chi connectivity index (χ2v) is 5.59. The lowest BCUT2D eigenvalue weighted by Gasteiger charge is -2.26. The molecule has 24 heavy (non-hydrogen) atoms. The molecular formula is C17H15FN4O2. The van der Waals surface area contributed by atoms with Crippen molar-refractivity contribution in [1.82, 2.24) is 20.0 Å². The van der Waals surface area contributed by atoms with Crippen LogP contribution in [-0.2, 0) is 6.54 Å². The summed E-state index contributed by atoms with van der Waals surface area (Å²) in [5.74, 6) is 0.976. The molecule has 4 rings (SSSR count). The lowest BCUT2D eigenvalue weighted by Crippen LogP contribution is -2.33. The zero-order chi connectivity index (χ0) is 16.5. The van der Waals surface area contributed by atoms with E-state index in [1.807, 2.05) is 24.3 Å². The molecule has 0 amide bonds. The maximum Gasteiger partial charge on any atom is 0.213 e. The molecule has 1 aliphatic heterocycles. The fourth-order valence-corrected chi connectivity index (χ4v) is 2.67. The Bertz CT molecular complexity index is 881. The van der Waals surface area contributed by atoms with Gasteiger partial charge in [0, 0.05) is 5.56 Å². The summed E-state index contributed by atoms with van der Waals surface area (Å²) < 4.78 is 26.4. The Morgan fingerprint density at radius 1 is 1.21 bits per heavy atom. The second kappa shape index (κ2) is 5.92. The molecule has 3 heterocycles. The molecule has 0 bridgehead atoms. The van der Waals surface area contributed by atoms with E-state index in [0.717, 1.165) is 17.1 Å². The Hall–Kier alpha value is -2.96. The van der Waals surface area contributed by atoms with Crippen LogP contribution in [0.1, 0.15) is 5.69 Å². The van der Waals surface area contributed by atoms with Crippen molar-refractivity contribution in [2.45, 2.75) is 19.6 Å². The van der Waals surface area contributed by atoms with Gasteiger partial charge in [-0.3, -0.25) is 0 Å². The number of ether oxygens (including phenoxy) is 2. The van der Waals surface area contributed by atoms with Gasteiger partial charge in [-0.2, -0.15) is 4.39 Å². The number of rotatable bonds is 3. The molecule has 0 fully saturated rings. The fraction of sp³-hybridized carbons (Fsp3) is 0.235. The number of pyridine rings is 1. The largest absolute Gasteiger partial charge is 0.486 e. The number of aryl methyl sites for hydroxylation is 1. The predicted octanol–water partition coefficient (Wildman–Crippen LogP) is 2.63. The highest BCUT2D eigenvalue weighted by atomic mass is 19.1. The summed E-state index contributed by atoms with van der Waals surface area (Å²) >= 11 is 0. The molecule has 1 aliphatic rings. The minimum absolute atomic E-state index is 0.151. The van der Waals surface area contributed by atoms with Crippen LogP contribution in [0.5, 0.6) is 11.5 Å². The molecule has 0 radical (unpaired) electrons. The highest BCUT2D eigenvalue weighted by Crippen LogP contribution is 2.31. The highest BCUT2D eigenvalue weighted by Gasteiger charge is 2.21. The van der Waals surface area contributed by atoms with Gasteiger partial charge in [0.15, 0.2) is 17.6 Å². The average molecular weight is 326 g/mol. The summed E-state index contributed by atoms with van der Waals surface area (Å²) in [6.07, 6.45) is 1.65. The predicted molar refractivity (Wildman–Crippen MR) is 84.3 cm³/mol. The molecule has 1 unspecified atom stereocenters. The van der Waals surface area contributed by atoms with Crippen LogP contribution in [0, 0.1) is 12.9 Å². The van der Waals surface area contributed by atoms with Gasteiger partial charge in [-0.1, -0.05) is 17.3 Å². The summed E-state index contributed by atoms with van der Waals surface area (Å²) in [6.45, 7) is 2.70. The van der Waals surface area contributed by atoms with Gasteiger partial charge in [0.1, 0.15) is 12.3 Å². The molecular weight excluding hydrogens is 311 g/mol. The van der Waals surface area contributed by atoms with Crippen molar-refractivity contribution >= 4 is 0 Å². The normalized spacial score (nSPS) is 16.2. The van der Waals surface area contributed by atoms with Gasteiger partial charge in [0.2, 0.25) is 5.95 Å². The van der Waals surface area contributed by atoms with Crippen LogP contribution in [-0.4, -0.2) is 32.7 Å². The van der Waals surface area contributed by atoms with Crippen molar-refractivity contribution in [3.05, 3.63) is 54.2 Å². The smallest absolute Gasteiger partial charge is 0.213 e. The maximum absolute atomic E-state index is 13.1. The minimum atomic E-state index is -0.505. The zero-order valence-corrected chi connectivity index (χ0v) is 13.0. The van der Waals surface area contributed by atoms with E-state index in [2.05, 4.69) is 15.3 Å². The number of halogens is 1. The van der Waals surface area contributed by atoms with E-state index in [9.17, 15) is 4.39 Å². The van der Waals surface area contributed by atoms with E-state index in [-0.39, 0.29) is 6.10 Å². The van der Waals surface area contributed by atoms with Crippen molar-refractivity contribution in [1.29, 1.82) is 0 Å². The number of benzene rings is 1. The first-order valence-electron chi connectivity index (χ1n) is 7.61. The SMILES string of the molecule is Cc1nc(F)ccc1-c1cn(CC2COc3ccccc3O2)nn1. The third kappa shape index (κ3) is 2.80. The van der Waals surface area contributed by atoms with Crippen LogP contribution in [0.2, 0.25) is 0 Å². The maximum atomic E-state index is 13.1. The number of fused-ring (bicyclic) bond motifs is 1. The molecule has 122 valence electrons. The molecule has 0 N–H and O–H groups in total. The van der Waals surface area contributed by atoms with Crippen LogP contribution in [0.15, 0.2) is 42.6 Å². The molecule has 0 saturated carbocycles. The molecule has 1 aromatic carbocycles. The van der Waals surface area contributed by atoms with E-state index in [0.29, 0.717) is 24.5 Å². The first-order chi connectivity index (χ1) is 11.7. The van der Waals surface area contributed by atoms with Crippen molar-refractivity contribution in [3.8, 4) is 22.8 Å². The van der Waals surface area contributed by atoms with Crippen LogP contribution in [0.4, 0.5) is 4.39 Å². The Morgan fingerprint density at radius 2 is 2.04 bits per heavy atom. The van der Waals surface area contributed by atoms with Gasteiger partial charge < -0.3 is 9.47 Å². The molecule has 3 aromatic rings. The Kier molecular flexibility index (Phi) is 3.60. The summed E-state index contributed by atoms with van der Waals surface area (Å²) in [6, 6.07) is 10.5. The van der Waals surface area contributed by atoms with Gasteiger partial charge in [0.25, 0.3) is 0 Å². The third-order valence-corrected chi connectivity index (χ3v) is 3.82. The van der Waals surface area contributed by atoms with Crippen LogP contribution in [0.25, 0.3) is 11.3 Å². The summed E-state index contributed by atoms with van der Waals surface area (Å²) in [5, 5.41) is 8.26. The fourth-order valence-electron chi connectivity index (χ4n) is 2.67. The second-order valence-electron chi connectivity index (χ2n) is 5.59. The van der Waals surface area contributed by atoms with Gasteiger partial charge in [-0.15, -0.1) is 5.10 Å². The number of hydrogen-bond donors (Lipinski definition) is 0. The molecule has 1 atom stereocenters. The summed E-state index contributed by atoms with van der Waals surface area (Å²) in [7, 11) is 0. The first kappa shape index (κ1) is 14.6. The summed E-state index contributed by atoms with van der Waals surface area (Å²) in [5.41, 5.74) is 1.99. The van der Waals surface area contributed by atoms with Crippen molar-refractivity contribution < 1.29 is 13.9 Å². The number of hydrogen-bond acceptors (Lipinski definition) is 5. The van der Waals surface area contributed by atoms with E-state index in [1.54, 1.807) is 23.9 Å². The lowest BCUT2D eigenvalue weighted by molar-refractivity contribution is 0.0755. The monoisotopic (exact) mass is 326 g/mol. The van der Waals surface area contributed by atoms with Crippen molar-refractivity contribution in [2.75, 3.05) is 6.61 Å². The highest BCUT2D eigenvalue weighted by molar-refractivity contribution is 5.60. The summed E-state index contributed by atoms with van der Waals surface area (Å²) in [4.78, 5) is 3.81. The van der Waals surface area contributed by atoms with Gasteiger partial charge in [-0.25, -0.2) is 9.67 Å². The number of para-hydroxylation sites is 2. The van der Waals surface area contributed by atoms with Crippen LogP contribution >= 0.6 is 0 Å². The topological polar surface area (TPSA) is 62.1 Å². The van der Waals surface area contributed by atoms with E-state index >= 15 is 0 Å². The number of nitrogens with zero attached hydrogens (tertiary/aromatic N) is 4. The molecule has 7 heteroatoms. The Balaban J connectivity index is 1.50. The Labute approximate surface area is 137 Å². The van der Waals surface area contributed by atoms with Gasteiger partial charge >= 0.3 is 0 Å². The molecule has 2 aromatic heterocycles. The minimum Gasteiger partial charge on any atom is -0.486 e. The standard InChI is InChI=1S/C17H15FN4O2/c1-11-13(6-7-17(18)19-11)14-9-22(21-20-14)8-12-10-23-15-4-2-3-5-16(15)24-12/h2-7,9,12H,8,10H2,1H3. The Morgan fingerprint density at radius 3 is 2.88 bits per heavy atom. The zero-order valence-electron chi connectivity index (χ0n) is 13.0. The van der Waals surface area contributed by atoms with Crippen molar-refractivity contribution in [3.63, 3.8) is 0 Å². The average Bonchev–Trinajstić information content (AvgIpc) is 3.03. The van der Waals surface area contributed by atoms with Crippen molar-refractivity contribution in [2.24, 2.45) is 0 Å². The van der Waals surface area contributed by atoms with E-state index < -0.39 is 5.95 Å². The lowest BCUT2D eigenvalue weighted by atomic mass is 10.1. The van der Waals surface area contributed by atoms with Crippen LogP contribution in [0.3, 0.4) is 0 Å². The third-order valence-electron chi connectivity index (χ3n) is 3.82. The van der Waals surface area contributed by atoms with Crippen LogP contribution < -0.4 is 9.47 Å². The molecule has 0 aliphatic carbocycles. The molecule has 0 saturated heterocycles. The first-order valence-corrected chi connectivity index (χ1v) is 7.61. The van der Waals surface area contributed by atoms with E-state index in [4.69, 9.17) is 9.47 Å². The number of aromatic nitrogens is 4. The molecule has 0 spiro atoms. The van der Waals surface area contributed by atoms with E-state index in [1.165, 1.54) is 6.07 Å². The van der Waals surface area contributed by atoms with Gasteiger partial charge in [-0.05, 0) is 31.2 Å². The van der Waals surface area contributed by atoms with Gasteiger partial charge in [0.05, 0.1) is 18.4 Å². The quantitative estimate of drug-likeness (QED) is 0.693. The molecule has 6 nitrogen and oxygen atoms in total.